The summed E-state index contributed by atoms with van der Waals surface area (Å²) in [5.41, 5.74) is 2.65. The summed E-state index contributed by atoms with van der Waals surface area (Å²) < 4.78 is 0. The molecule has 2 nitrogen and oxygen atoms in total. The number of nitriles is 1. The van der Waals surface area contributed by atoms with Crippen molar-refractivity contribution in [3.8, 4) is 6.07 Å². The molecule has 1 spiro atoms. The van der Waals surface area contributed by atoms with Gasteiger partial charge in [0, 0.05) is 18.8 Å². The van der Waals surface area contributed by atoms with Crippen LogP contribution in [0.4, 0.5) is 5.69 Å². The van der Waals surface area contributed by atoms with E-state index in [-0.39, 0.29) is 0 Å². The Morgan fingerprint density at radius 2 is 1.74 bits per heavy atom. The molecule has 0 aromatic heterocycles. The fraction of sp³-hybridized carbons (Fsp3) is 0.588. The first-order valence-electron chi connectivity index (χ1n) is 7.57. The van der Waals surface area contributed by atoms with E-state index in [1.54, 1.807) is 0 Å². The Hall–Kier alpha value is -1.49. The minimum Gasteiger partial charge on any atom is -0.371 e. The first-order chi connectivity index (χ1) is 9.31. The van der Waals surface area contributed by atoms with Crippen molar-refractivity contribution in [2.24, 2.45) is 5.41 Å². The van der Waals surface area contributed by atoms with Crippen LogP contribution in [0.5, 0.6) is 0 Å². The zero-order chi connectivity index (χ0) is 13.1. The zero-order valence-corrected chi connectivity index (χ0v) is 11.6. The Bertz CT molecular complexity index is 470. The quantitative estimate of drug-likeness (QED) is 0.754. The first-order valence-corrected chi connectivity index (χ1v) is 7.57. The summed E-state index contributed by atoms with van der Waals surface area (Å²) in [5.74, 6) is 0. The van der Waals surface area contributed by atoms with Crippen molar-refractivity contribution < 1.29 is 0 Å². The molecule has 1 saturated carbocycles. The lowest BCUT2D eigenvalue weighted by atomic mass is 9.68. The van der Waals surface area contributed by atoms with Gasteiger partial charge < -0.3 is 4.90 Å². The van der Waals surface area contributed by atoms with E-state index in [1.165, 1.54) is 50.6 Å². The molecule has 1 aromatic rings. The van der Waals surface area contributed by atoms with Crippen molar-refractivity contribution in [3.63, 3.8) is 0 Å². The summed E-state index contributed by atoms with van der Waals surface area (Å²) in [5, 5.41) is 8.99. The van der Waals surface area contributed by atoms with Gasteiger partial charge in [0.05, 0.1) is 11.6 Å². The monoisotopic (exact) mass is 254 g/mol. The van der Waals surface area contributed by atoms with Crippen molar-refractivity contribution >= 4 is 5.69 Å². The summed E-state index contributed by atoms with van der Waals surface area (Å²) in [4.78, 5) is 2.46. The van der Waals surface area contributed by atoms with E-state index in [2.05, 4.69) is 17.0 Å². The maximum Gasteiger partial charge on any atom is 0.0992 e. The molecule has 2 heteroatoms. The fourth-order valence-corrected chi connectivity index (χ4v) is 3.81. The lowest BCUT2D eigenvalue weighted by Gasteiger charge is -2.45. The molecule has 0 atom stereocenters. The van der Waals surface area contributed by atoms with E-state index >= 15 is 0 Å². The van der Waals surface area contributed by atoms with Gasteiger partial charge in [-0.2, -0.15) is 5.26 Å². The van der Waals surface area contributed by atoms with Gasteiger partial charge in [0.15, 0.2) is 0 Å². The van der Waals surface area contributed by atoms with Gasteiger partial charge in [-0.1, -0.05) is 25.3 Å². The summed E-state index contributed by atoms with van der Waals surface area (Å²) in [7, 11) is 0. The van der Waals surface area contributed by atoms with Crippen LogP contribution < -0.4 is 4.90 Å². The minimum absolute atomic E-state index is 0.654. The predicted molar refractivity (Wildman–Crippen MR) is 78.1 cm³/mol. The van der Waals surface area contributed by atoms with E-state index in [9.17, 15) is 0 Å². The lowest BCUT2D eigenvalue weighted by molar-refractivity contribution is 0.144. The molecule has 1 saturated heterocycles. The van der Waals surface area contributed by atoms with Crippen LogP contribution in [-0.4, -0.2) is 13.1 Å². The van der Waals surface area contributed by atoms with Crippen LogP contribution in [0, 0.1) is 16.7 Å². The van der Waals surface area contributed by atoms with Crippen molar-refractivity contribution in [2.75, 3.05) is 18.0 Å². The molecule has 0 amide bonds. The summed E-state index contributed by atoms with van der Waals surface area (Å²) in [6.07, 6.45) is 9.87. The number of benzene rings is 1. The smallest absolute Gasteiger partial charge is 0.0992 e. The minimum atomic E-state index is 0.654. The summed E-state index contributed by atoms with van der Waals surface area (Å²) in [6.45, 7) is 2.32. The van der Waals surface area contributed by atoms with Crippen LogP contribution in [-0.2, 0) is 0 Å². The summed E-state index contributed by atoms with van der Waals surface area (Å²) in [6, 6.07) is 10.3. The van der Waals surface area contributed by atoms with Crippen molar-refractivity contribution in [1.82, 2.24) is 0 Å². The zero-order valence-electron chi connectivity index (χ0n) is 11.6. The molecule has 1 aliphatic carbocycles. The van der Waals surface area contributed by atoms with Gasteiger partial charge >= 0.3 is 0 Å². The lowest BCUT2D eigenvalue weighted by Crippen LogP contribution is -2.41. The Morgan fingerprint density at radius 1 is 1.00 bits per heavy atom. The van der Waals surface area contributed by atoms with Gasteiger partial charge in [-0.05, 0) is 49.3 Å². The SMILES string of the molecule is N#Cc1cccc(N2CCC3(CCCCC3)CC2)c1. The van der Waals surface area contributed by atoms with Crippen LogP contribution in [0.25, 0.3) is 0 Å². The Morgan fingerprint density at radius 3 is 2.42 bits per heavy atom. The molecule has 2 fully saturated rings. The van der Waals surface area contributed by atoms with Crippen LogP contribution in [0.15, 0.2) is 24.3 Å². The number of hydrogen-bond donors (Lipinski definition) is 0. The highest BCUT2D eigenvalue weighted by atomic mass is 15.1. The topological polar surface area (TPSA) is 27.0 Å². The maximum absolute atomic E-state index is 8.99. The molecule has 3 rings (SSSR count). The molecule has 0 radical (unpaired) electrons. The third kappa shape index (κ3) is 2.61. The molecule has 0 bridgehead atoms. The normalized spacial score (nSPS) is 22.2. The molecule has 1 aliphatic heterocycles. The second-order valence-corrected chi connectivity index (χ2v) is 6.21. The van der Waals surface area contributed by atoms with Crippen molar-refractivity contribution in [3.05, 3.63) is 29.8 Å². The molecule has 2 aliphatic rings. The average Bonchev–Trinajstić information content (AvgIpc) is 2.49. The molecule has 0 unspecified atom stereocenters. The molecule has 100 valence electrons. The Labute approximate surface area is 116 Å². The maximum atomic E-state index is 8.99. The molecular weight excluding hydrogens is 232 g/mol. The van der Waals surface area contributed by atoms with E-state index in [4.69, 9.17) is 5.26 Å². The van der Waals surface area contributed by atoms with Gasteiger partial charge in [-0.25, -0.2) is 0 Å². The number of anilines is 1. The number of nitrogens with zero attached hydrogens (tertiary/aromatic N) is 2. The van der Waals surface area contributed by atoms with E-state index in [0.29, 0.717) is 5.41 Å². The van der Waals surface area contributed by atoms with Crippen LogP contribution in [0.3, 0.4) is 0 Å². The van der Waals surface area contributed by atoms with Gasteiger partial charge in [0.25, 0.3) is 0 Å². The number of piperidine rings is 1. The van der Waals surface area contributed by atoms with Crippen molar-refractivity contribution in [1.29, 1.82) is 5.26 Å². The largest absolute Gasteiger partial charge is 0.371 e. The van der Waals surface area contributed by atoms with Crippen molar-refractivity contribution in [2.45, 2.75) is 44.9 Å². The fourth-order valence-electron chi connectivity index (χ4n) is 3.81. The number of hydrogen-bond acceptors (Lipinski definition) is 2. The molecule has 1 heterocycles. The Kier molecular flexibility index (Phi) is 3.46. The molecule has 19 heavy (non-hydrogen) atoms. The van der Waals surface area contributed by atoms with Gasteiger partial charge in [-0.3, -0.25) is 0 Å². The van der Waals surface area contributed by atoms with Gasteiger partial charge in [-0.15, -0.1) is 0 Å². The van der Waals surface area contributed by atoms with E-state index in [1.807, 2.05) is 18.2 Å². The third-order valence-electron chi connectivity index (χ3n) is 5.08. The third-order valence-corrected chi connectivity index (χ3v) is 5.08. The highest BCUT2D eigenvalue weighted by Crippen LogP contribution is 2.45. The van der Waals surface area contributed by atoms with E-state index < -0.39 is 0 Å². The number of rotatable bonds is 1. The van der Waals surface area contributed by atoms with E-state index in [0.717, 1.165) is 18.7 Å². The highest BCUT2D eigenvalue weighted by Gasteiger charge is 2.35. The second-order valence-electron chi connectivity index (χ2n) is 6.21. The predicted octanol–water partition coefficient (Wildman–Crippen LogP) is 4.11. The Balaban J connectivity index is 1.68. The molecule has 0 N–H and O–H groups in total. The summed E-state index contributed by atoms with van der Waals surface area (Å²) >= 11 is 0. The van der Waals surface area contributed by atoms with Crippen LogP contribution in [0.2, 0.25) is 0 Å². The van der Waals surface area contributed by atoms with Crippen LogP contribution >= 0.6 is 0 Å². The molecule has 1 aromatic carbocycles. The standard InChI is InChI=1S/C17H22N2/c18-14-15-5-4-6-16(13-15)19-11-9-17(10-12-19)7-2-1-3-8-17/h4-6,13H,1-3,7-12H2. The second kappa shape index (κ2) is 5.25. The van der Waals surface area contributed by atoms with Gasteiger partial charge in [0.1, 0.15) is 0 Å². The average molecular weight is 254 g/mol. The van der Waals surface area contributed by atoms with Gasteiger partial charge in [0.2, 0.25) is 0 Å². The molecular formula is C17H22N2. The first kappa shape index (κ1) is 12.5. The highest BCUT2D eigenvalue weighted by molar-refractivity contribution is 5.51. The van der Waals surface area contributed by atoms with Crippen LogP contribution in [0.1, 0.15) is 50.5 Å².